The van der Waals surface area contributed by atoms with Crippen LogP contribution in [0.4, 0.5) is 4.39 Å². The maximum Gasteiger partial charge on any atom is 0.330 e. The van der Waals surface area contributed by atoms with Crippen LogP contribution >= 0.6 is 11.3 Å². The lowest BCUT2D eigenvalue weighted by Gasteiger charge is -2.12. The van der Waals surface area contributed by atoms with Gasteiger partial charge in [-0.2, -0.15) is 5.10 Å². The van der Waals surface area contributed by atoms with Crippen molar-refractivity contribution < 1.29 is 23.8 Å². The van der Waals surface area contributed by atoms with Gasteiger partial charge >= 0.3 is 5.97 Å². The molecule has 0 saturated heterocycles. The SMILES string of the molecule is COC(=O)[C@H](CO)NC(=O)c1cc2c(C)nn(Cc3ccc(F)cc3)c2s1. The highest BCUT2D eigenvalue weighted by atomic mass is 32.1. The molecule has 3 aromatic rings. The Morgan fingerprint density at radius 1 is 1.37 bits per heavy atom. The molecule has 0 aliphatic carbocycles. The average molecular weight is 391 g/mol. The fourth-order valence-corrected chi connectivity index (χ4v) is 3.71. The summed E-state index contributed by atoms with van der Waals surface area (Å²) in [5, 5.41) is 17.0. The largest absolute Gasteiger partial charge is 0.467 e. The Bertz CT molecular complexity index is 981. The van der Waals surface area contributed by atoms with Crippen molar-refractivity contribution >= 4 is 33.4 Å². The number of aryl methyl sites for hydroxylation is 1. The Morgan fingerprint density at radius 3 is 2.70 bits per heavy atom. The van der Waals surface area contributed by atoms with Crippen molar-refractivity contribution in [2.24, 2.45) is 0 Å². The molecule has 0 radical (unpaired) electrons. The topological polar surface area (TPSA) is 93.4 Å². The van der Waals surface area contributed by atoms with Crippen LogP contribution in [0.25, 0.3) is 10.2 Å². The zero-order chi connectivity index (χ0) is 19.6. The molecule has 2 aromatic heterocycles. The minimum atomic E-state index is -1.12. The van der Waals surface area contributed by atoms with Gasteiger partial charge in [-0.3, -0.25) is 9.48 Å². The Balaban J connectivity index is 1.85. The van der Waals surface area contributed by atoms with Crippen LogP contribution in [0.3, 0.4) is 0 Å². The number of aliphatic hydroxyl groups excluding tert-OH is 1. The van der Waals surface area contributed by atoms with Gasteiger partial charge in [-0.05, 0) is 30.7 Å². The number of hydrogen-bond donors (Lipinski definition) is 2. The lowest BCUT2D eigenvalue weighted by atomic mass is 10.2. The monoisotopic (exact) mass is 391 g/mol. The third-order valence-corrected chi connectivity index (χ3v) is 5.20. The van der Waals surface area contributed by atoms with Crippen LogP contribution in [-0.2, 0) is 16.1 Å². The number of esters is 1. The summed E-state index contributed by atoms with van der Waals surface area (Å²) in [6.07, 6.45) is 0. The number of benzene rings is 1. The number of nitrogens with zero attached hydrogens (tertiary/aromatic N) is 2. The molecular formula is C18H18FN3O4S. The molecule has 2 heterocycles. The number of aromatic nitrogens is 2. The first-order valence-electron chi connectivity index (χ1n) is 8.14. The fourth-order valence-electron chi connectivity index (χ4n) is 2.65. The Hall–Kier alpha value is -2.78. The number of aliphatic hydroxyl groups is 1. The van der Waals surface area contributed by atoms with Crippen molar-refractivity contribution in [1.82, 2.24) is 15.1 Å². The van der Waals surface area contributed by atoms with Gasteiger partial charge in [0.2, 0.25) is 0 Å². The van der Waals surface area contributed by atoms with Gasteiger partial charge in [0.25, 0.3) is 5.91 Å². The molecule has 0 fully saturated rings. The van der Waals surface area contributed by atoms with Crippen LogP contribution in [0, 0.1) is 12.7 Å². The normalized spacial score (nSPS) is 12.1. The first kappa shape index (κ1) is 19.0. The molecule has 7 nitrogen and oxygen atoms in total. The summed E-state index contributed by atoms with van der Waals surface area (Å²) >= 11 is 1.23. The molecule has 9 heteroatoms. The molecule has 1 aromatic carbocycles. The Labute approximate surface area is 158 Å². The molecule has 3 rings (SSSR count). The molecule has 2 N–H and O–H groups in total. The minimum absolute atomic E-state index is 0.306. The molecule has 1 atom stereocenters. The van der Waals surface area contributed by atoms with E-state index in [1.54, 1.807) is 22.9 Å². The first-order valence-corrected chi connectivity index (χ1v) is 8.95. The molecule has 0 aliphatic heterocycles. The molecule has 0 unspecified atom stereocenters. The van der Waals surface area contributed by atoms with Crippen molar-refractivity contribution in [3.05, 3.63) is 52.3 Å². The van der Waals surface area contributed by atoms with E-state index in [-0.39, 0.29) is 5.82 Å². The third kappa shape index (κ3) is 3.99. The van der Waals surface area contributed by atoms with Gasteiger partial charge in [-0.15, -0.1) is 11.3 Å². The van der Waals surface area contributed by atoms with Crippen molar-refractivity contribution in [2.75, 3.05) is 13.7 Å². The highest BCUT2D eigenvalue weighted by Gasteiger charge is 2.23. The van der Waals surface area contributed by atoms with Gasteiger partial charge in [0.1, 0.15) is 10.6 Å². The summed E-state index contributed by atoms with van der Waals surface area (Å²) in [4.78, 5) is 25.1. The number of fused-ring (bicyclic) bond motifs is 1. The second-order valence-corrected chi connectivity index (χ2v) is 6.96. The number of carbonyl (C=O) groups is 2. The van der Waals surface area contributed by atoms with E-state index in [2.05, 4.69) is 15.2 Å². The van der Waals surface area contributed by atoms with Crippen molar-refractivity contribution in [3.63, 3.8) is 0 Å². The summed E-state index contributed by atoms with van der Waals surface area (Å²) < 4.78 is 19.4. The second kappa shape index (κ2) is 7.85. The summed E-state index contributed by atoms with van der Waals surface area (Å²) in [5.41, 5.74) is 1.64. The van der Waals surface area contributed by atoms with E-state index >= 15 is 0 Å². The van der Waals surface area contributed by atoms with Crippen LogP contribution in [0.5, 0.6) is 0 Å². The van der Waals surface area contributed by atoms with Crippen LogP contribution in [-0.4, -0.2) is 46.5 Å². The van der Waals surface area contributed by atoms with Gasteiger partial charge in [-0.25, -0.2) is 9.18 Å². The van der Waals surface area contributed by atoms with E-state index in [0.29, 0.717) is 11.4 Å². The quantitative estimate of drug-likeness (QED) is 0.626. The highest BCUT2D eigenvalue weighted by molar-refractivity contribution is 7.20. The van der Waals surface area contributed by atoms with Gasteiger partial charge in [-0.1, -0.05) is 12.1 Å². The summed E-state index contributed by atoms with van der Waals surface area (Å²) in [7, 11) is 1.18. The van der Waals surface area contributed by atoms with Gasteiger partial charge in [0.15, 0.2) is 6.04 Å². The lowest BCUT2D eigenvalue weighted by molar-refractivity contribution is -0.143. The number of nitrogens with one attached hydrogen (secondary N) is 1. The fraction of sp³-hybridized carbons (Fsp3) is 0.278. The van der Waals surface area contributed by atoms with Crippen LogP contribution in [0.15, 0.2) is 30.3 Å². The zero-order valence-electron chi connectivity index (χ0n) is 14.7. The van der Waals surface area contributed by atoms with E-state index in [1.807, 2.05) is 6.92 Å². The molecule has 27 heavy (non-hydrogen) atoms. The van der Waals surface area contributed by atoms with Gasteiger partial charge in [0, 0.05) is 5.39 Å². The molecule has 0 saturated carbocycles. The van der Waals surface area contributed by atoms with Crippen LogP contribution in [0.2, 0.25) is 0 Å². The van der Waals surface area contributed by atoms with E-state index in [4.69, 9.17) is 0 Å². The molecule has 0 bridgehead atoms. The van der Waals surface area contributed by atoms with Crippen molar-refractivity contribution in [2.45, 2.75) is 19.5 Å². The minimum Gasteiger partial charge on any atom is -0.467 e. The second-order valence-electron chi connectivity index (χ2n) is 5.93. The Morgan fingerprint density at radius 2 is 2.07 bits per heavy atom. The summed E-state index contributed by atoms with van der Waals surface area (Å²) in [6, 6.07) is 6.72. The number of carbonyl (C=O) groups excluding carboxylic acids is 2. The van der Waals surface area contributed by atoms with Crippen LogP contribution < -0.4 is 5.32 Å². The maximum absolute atomic E-state index is 13.1. The standard InChI is InChI=1S/C18H18FN3O4S/c1-10-13-7-15(16(24)20-14(9-23)18(25)26-2)27-17(13)22(21-10)8-11-3-5-12(19)6-4-11/h3-7,14,23H,8-9H2,1-2H3,(H,20,24)/t14-/m0/s1. The number of ether oxygens (including phenoxy) is 1. The highest BCUT2D eigenvalue weighted by Crippen LogP contribution is 2.29. The number of hydrogen-bond acceptors (Lipinski definition) is 6. The smallest absolute Gasteiger partial charge is 0.330 e. The molecule has 1 amide bonds. The molecule has 142 valence electrons. The maximum atomic E-state index is 13.1. The zero-order valence-corrected chi connectivity index (χ0v) is 15.5. The average Bonchev–Trinajstić information content (AvgIpc) is 3.22. The molecule has 0 spiro atoms. The number of amides is 1. The van der Waals surface area contributed by atoms with Crippen molar-refractivity contribution in [3.8, 4) is 0 Å². The summed E-state index contributed by atoms with van der Waals surface area (Å²) in [6.45, 7) is 1.72. The predicted octanol–water partition coefficient (Wildman–Crippen LogP) is 1.86. The number of methoxy groups -OCH3 is 1. The third-order valence-electron chi connectivity index (χ3n) is 4.05. The van der Waals surface area contributed by atoms with Gasteiger partial charge in [0.05, 0.1) is 30.8 Å². The number of halogens is 1. The first-order chi connectivity index (χ1) is 12.9. The van der Waals surface area contributed by atoms with E-state index < -0.39 is 24.5 Å². The van der Waals surface area contributed by atoms with E-state index in [9.17, 15) is 19.1 Å². The lowest BCUT2D eigenvalue weighted by Crippen LogP contribution is -2.43. The number of rotatable bonds is 6. The van der Waals surface area contributed by atoms with Crippen molar-refractivity contribution in [1.29, 1.82) is 0 Å². The number of thiophene rings is 1. The predicted molar refractivity (Wildman–Crippen MR) is 98.2 cm³/mol. The molecular weight excluding hydrogens is 373 g/mol. The van der Waals surface area contributed by atoms with Gasteiger partial charge < -0.3 is 15.2 Å². The van der Waals surface area contributed by atoms with Crippen LogP contribution in [0.1, 0.15) is 20.9 Å². The van der Waals surface area contributed by atoms with E-state index in [1.165, 1.54) is 30.6 Å². The Kier molecular flexibility index (Phi) is 5.52. The molecule has 0 aliphatic rings. The van der Waals surface area contributed by atoms with E-state index in [0.717, 1.165) is 21.5 Å². The summed E-state index contributed by atoms with van der Waals surface area (Å²) in [5.74, 6) is -1.50.